The fraction of sp³-hybridized carbons (Fsp3) is 0.222. The van der Waals surface area contributed by atoms with Gasteiger partial charge < -0.3 is 29.6 Å². The number of amides is 1. The topological polar surface area (TPSA) is 95.8 Å². The van der Waals surface area contributed by atoms with Crippen LogP contribution in [-0.4, -0.2) is 55.0 Å². The molecule has 2 N–H and O–H groups in total. The first-order chi connectivity index (χ1) is 18.2. The van der Waals surface area contributed by atoms with Crippen LogP contribution in [0.15, 0.2) is 77.2 Å². The Morgan fingerprint density at radius 1 is 0.946 bits per heavy atom. The number of hydrogen-bond donors (Lipinski definition) is 2. The zero-order chi connectivity index (χ0) is 25.2. The zero-order valence-corrected chi connectivity index (χ0v) is 19.9. The molecular formula is C27H25FN6O3. The molecule has 0 saturated carbocycles. The number of fused-ring (bicyclic) bond motifs is 1. The highest BCUT2D eigenvalue weighted by Gasteiger charge is 2.30. The molecule has 10 heteroatoms. The third-order valence-corrected chi connectivity index (χ3v) is 6.48. The molecule has 0 aliphatic carbocycles. The molecule has 0 spiro atoms. The van der Waals surface area contributed by atoms with Crippen molar-refractivity contribution in [1.82, 2.24) is 10.2 Å². The molecule has 6 rings (SSSR count). The number of ether oxygens (including phenoxy) is 1. The summed E-state index contributed by atoms with van der Waals surface area (Å²) in [6.45, 7) is 2.96. The normalized spacial score (nSPS) is 17.6. The number of aromatic nitrogens is 2. The highest BCUT2D eigenvalue weighted by molar-refractivity contribution is 6.02. The highest BCUT2D eigenvalue weighted by Crippen LogP contribution is 2.35. The molecule has 3 heterocycles. The Balaban J connectivity index is 1.23. The molecule has 1 aromatic heterocycles. The summed E-state index contributed by atoms with van der Waals surface area (Å²) < 4.78 is 26.1. The Morgan fingerprint density at radius 3 is 2.54 bits per heavy atom. The maximum atomic E-state index is 15.0. The second-order valence-corrected chi connectivity index (χ2v) is 8.83. The van der Waals surface area contributed by atoms with Crippen LogP contribution in [0.5, 0.6) is 0 Å². The maximum absolute atomic E-state index is 15.0. The van der Waals surface area contributed by atoms with Gasteiger partial charge in [0.1, 0.15) is 11.9 Å². The van der Waals surface area contributed by atoms with E-state index in [0.717, 1.165) is 17.1 Å². The Hall–Kier alpha value is -4.44. The Labute approximate surface area is 212 Å². The highest BCUT2D eigenvalue weighted by atomic mass is 19.1. The van der Waals surface area contributed by atoms with Crippen molar-refractivity contribution in [2.24, 2.45) is 0 Å². The summed E-state index contributed by atoms with van der Waals surface area (Å²) in [6, 6.07) is 21.7. The van der Waals surface area contributed by atoms with E-state index >= 15 is 0 Å². The van der Waals surface area contributed by atoms with E-state index < -0.39 is 11.9 Å². The molecule has 1 atom stereocenters. The second kappa shape index (κ2) is 9.90. The van der Waals surface area contributed by atoms with Gasteiger partial charge in [0.05, 0.1) is 36.7 Å². The summed E-state index contributed by atoms with van der Waals surface area (Å²) in [5.41, 5.74) is 3.49. The van der Waals surface area contributed by atoms with Gasteiger partial charge in [-0.05, 0) is 42.5 Å². The van der Waals surface area contributed by atoms with Crippen molar-refractivity contribution < 1.29 is 18.3 Å². The summed E-state index contributed by atoms with van der Waals surface area (Å²) in [5.74, 6) is -0.672. The van der Waals surface area contributed by atoms with Crippen molar-refractivity contribution in [3.8, 4) is 11.5 Å². The van der Waals surface area contributed by atoms with Crippen molar-refractivity contribution in [3.63, 3.8) is 0 Å². The Bertz CT molecular complexity index is 1410. The molecule has 0 bridgehead atoms. The van der Waals surface area contributed by atoms with Crippen LogP contribution in [0.2, 0.25) is 0 Å². The average molecular weight is 501 g/mol. The van der Waals surface area contributed by atoms with Gasteiger partial charge in [0.15, 0.2) is 0 Å². The Kier molecular flexibility index (Phi) is 6.15. The van der Waals surface area contributed by atoms with Crippen LogP contribution < -0.4 is 20.4 Å². The second-order valence-electron chi connectivity index (χ2n) is 8.83. The molecule has 0 radical (unpaired) electrons. The van der Waals surface area contributed by atoms with Crippen LogP contribution in [0, 0.1) is 5.82 Å². The van der Waals surface area contributed by atoms with Gasteiger partial charge in [0.25, 0.3) is 5.89 Å². The monoisotopic (exact) mass is 500 g/mol. The van der Waals surface area contributed by atoms with Gasteiger partial charge >= 0.3 is 6.01 Å². The van der Waals surface area contributed by atoms with E-state index in [1.54, 1.807) is 6.07 Å². The van der Waals surface area contributed by atoms with Gasteiger partial charge in [0.2, 0.25) is 5.91 Å². The quantitative estimate of drug-likeness (QED) is 0.419. The third-order valence-electron chi connectivity index (χ3n) is 6.48. The summed E-state index contributed by atoms with van der Waals surface area (Å²) in [4.78, 5) is 17.2. The molecule has 188 valence electrons. The number of morpholine rings is 1. The van der Waals surface area contributed by atoms with E-state index in [1.807, 2.05) is 65.6 Å². The maximum Gasteiger partial charge on any atom is 0.316 e. The number of halogens is 1. The number of nitrogens with zero attached hydrogens (tertiary/aromatic N) is 4. The lowest BCUT2D eigenvalue weighted by atomic mass is 10.1. The number of para-hydroxylation sites is 3. The predicted octanol–water partition coefficient (Wildman–Crippen LogP) is 4.28. The van der Waals surface area contributed by atoms with Crippen LogP contribution in [0.4, 0.5) is 33.2 Å². The molecule has 1 amide bonds. The van der Waals surface area contributed by atoms with Gasteiger partial charge in [-0.15, -0.1) is 5.10 Å². The fourth-order valence-corrected chi connectivity index (χ4v) is 4.60. The summed E-state index contributed by atoms with van der Waals surface area (Å²) >= 11 is 0. The number of hydrogen-bond acceptors (Lipinski definition) is 8. The lowest BCUT2D eigenvalue weighted by Gasteiger charge is -2.28. The van der Waals surface area contributed by atoms with Crippen molar-refractivity contribution in [1.29, 1.82) is 0 Å². The molecule has 4 aromatic rings. The molecule has 9 nitrogen and oxygen atoms in total. The average Bonchev–Trinajstić information content (AvgIpc) is 3.35. The molecule has 2 aliphatic rings. The van der Waals surface area contributed by atoms with E-state index in [-0.39, 0.29) is 23.4 Å². The van der Waals surface area contributed by atoms with Crippen LogP contribution in [-0.2, 0) is 9.53 Å². The summed E-state index contributed by atoms with van der Waals surface area (Å²) in [7, 11) is 0. The van der Waals surface area contributed by atoms with E-state index in [4.69, 9.17) is 9.15 Å². The van der Waals surface area contributed by atoms with E-state index in [1.165, 1.54) is 6.07 Å². The number of rotatable bonds is 5. The minimum absolute atomic E-state index is 0.0331. The molecule has 2 aliphatic heterocycles. The number of carbonyl (C=O) groups is 1. The lowest BCUT2D eigenvalue weighted by Crippen LogP contribution is -2.40. The van der Waals surface area contributed by atoms with Crippen LogP contribution in [0.25, 0.3) is 11.5 Å². The van der Waals surface area contributed by atoms with Crippen LogP contribution in [0.3, 0.4) is 0 Å². The van der Waals surface area contributed by atoms with Gasteiger partial charge in [0, 0.05) is 24.5 Å². The molecule has 37 heavy (non-hydrogen) atoms. The first kappa shape index (κ1) is 23.0. The summed E-state index contributed by atoms with van der Waals surface area (Å²) in [5, 5.41) is 14.1. The van der Waals surface area contributed by atoms with Crippen LogP contribution in [0.1, 0.15) is 0 Å². The standard InChI is InChI=1S/C27H25FN6O3/c28-21-16-19(33-12-14-36-15-13-33)10-11-20(21)26-31-32-27(37-26)30-23-17-34(18-6-2-1-3-7-18)24-9-5-4-8-22(24)29-25(23)35/h1-11,16,23H,12-15,17H2,(H,29,35)(H,30,32)/t23-/m0/s1. The van der Waals surface area contributed by atoms with Crippen molar-refractivity contribution in [2.75, 3.05) is 53.3 Å². The van der Waals surface area contributed by atoms with Gasteiger partial charge in [-0.3, -0.25) is 4.79 Å². The number of anilines is 5. The minimum atomic E-state index is -0.713. The smallest absolute Gasteiger partial charge is 0.316 e. The summed E-state index contributed by atoms with van der Waals surface area (Å²) in [6.07, 6.45) is 0. The van der Waals surface area contributed by atoms with Crippen molar-refractivity contribution >= 4 is 34.7 Å². The van der Waals surface area contributed by atoms with Gasteiger partial charge in [-0.1, -0.05) is 35.4 Å². The lowest BCUT2D eigenvalue weighted by molar-refractivity contribution is -0.116. The number of benzene rings is 3. The van der Waals surface area contributed by atoms with Crippen LogP contribution >= 0.6 is 0 Å². The van der Waals surface area contributed by atoms with Crippen molar-refractivity contribution in [3.05, 3.63) is 78.6 Å². The number of nitrogens with one attached hydrogen (secondary N) is 2. The molecular weight excluding hydrogens is 475 g/mol. The molecule has 0 unspecified atom stereocenters. The molecule has 1 saturated heterocycles. The largest absolute Gasteiger partial charge is 0.403 e. The minimum Gasteiger partial charge on any atom is -0.403 e. The SMILES string of the molecule is O=C1Nc2ccccc2N(c2ccccc2)C[C@@H]1Nc1nnc(-c2ccc(N3CCOCC3)cc2F)o1. The fourth-order valence-electron chi connectivity index (χ4n) is 4.60. The van der Waals surface area contributed by atoms with E-state index in [0.29, 0.717) is 38.5 Å². The van der Waals surface area contributed by atoms with Gasteiger partial charge in [-0.2, -0.15) is 0 Å². The van der Waals surface area contributed by atoms with Gasteiger partial charge in [-0.25, -0.2) is 4.39 Å². The first-order valence-electron chi connectivity index (χ1n) is 12.1. The first-order valence-corrected chi connectivity index (χ1v) is 12.1. The number of carbonyl (C=O) groups excluding carboxylic acids is 1. The Morgan fingerprint density at radius 2 is 1.73 bits per heavy atom. The van der Waals surface area contributed by atoms with E-state index in [9.17, 15) is 9.18 Å². The van der Waals surface area contributed by atoms with Crippen molar-refractivity contribution in [2.45, 2.75) is 6.04 Å². The molecule has 1 fully saturated rings. The zero-order valence-electron chi connectivity index (χ0n) is 19.9. The third kappa shape index (κ3) is 4.70. The predicted molar refractivity (Wildman–Crippen MR) is 139 cm³/mol. The molecule has 3 aromatic carbocycles. The van der Waals surface area contributed by atoms with E-state index in [2.05, 4.69) is 25.7 Å².